The zero-order chi connectivity index (χ0) is 91.0. The summed E-state index contributed by atoms with van der Waals surface area (Å²) in [7, 11) is 0. The van der Waals surface area contributed by atoms with Gasteiger partial charge in [-0.1, -0.05) is 154 Å². The molecule has 0 radical (unpaired) electrons. The number of aliphatic hydroxyl groups is 19. The second kappa shape index (κ2) is 53.6. The summed E-state index contributed by atoms with van der Waals surface area (Å²) in [5, 5.41) is 245. The van der Waals surface area contributed by atoms with Gasteiger partial charge in [-0.2, -0.15) is 0 Å². The molecule has 0 aliphatic carbocycles. The van der Waals surface area contributed by atoms with E-state index >= 15 is 0 Å². The van der Waals surface area contributed by atoms with Crippen LogP contribution in [0.2, 0.25) is 0 Å². The maximum atomic E-state index is 14.4. The lowest BCUT2D eigenvalue weighted by atomic mass is 9.86. The Morgan fingerprint density at radius 2 is 0.902 bits per heavy atom. The summed E-state index contributed by atoms with van der Waals surface area (Å²) in [5.74, 6) is -16.5. The highest BCUT2D eigenvalue weighted by Crippen LogP contribution is 2.44. The number of hydrogen-bond donors (Lipinski definition) is 24. The van der Waals surface area contributed by atoms with E-state index in [4.69, 9.17) is 56.8 Å². The number of carbonyl (C=O) groups excluding carboxylic acids is 4. The molecule has 2 unspecified atom stereocenters. The summed E-state index contributed by atoms with van der Waals surface area (Å²) in [6.07, 6.45) is -37.5. The van der Waals surface area contributed by atoms with E-state index in [1.807, 2.05) is 0 Å². The van der Waals surface area contributed by atoms with Crippen molar-refractivity contribution < 1.29 is 193 Å². The average Bonchev–Trinajstić information content (AvgIpc) is 0.749. The van der Waals surface area contributed by atoms with Crippen molar-refractivity contribution in [1.29, 1.82) is 0 Å². The molecule has 6 aliphatic heterocycles. The van der Waals surface area contributed by atoms with Gasteiger partial charge in [-0.05, 0) is 26.2 Å². The van der Waals surface area contributed by atoms with E-state index in [2.05, 4.69) is 29.8 Å². The number of Topliss-reactive ketones (excluding diaryl/α,β-unsaturated/α-hetero) is 1. The summed E-state index contributed by atoms with van der Waals surface area (Å²) in [4.78, 5) is 80.3. The summed E-state index contributed by atoms with van der Waals surface area (Å²) in [6.45, 7) is -0.840. The molecule has 0 aromatic heterocycles. The van der Waals surface area contributed by atoms with Gasteiger partial charge in [-0.15, -0.1) is 0 Å². The highest BCUT2D eigenvalue weighted by molar-refractivity contribution is 5.78. The van der Waals surface area contributed by atoms with Crippen LogP contribution >= 0.6 is 0 Å². The smallest absolute Gasteiger partial charge is 0.364 e. The van der Waals surface area contributed by atoms with Gasteiger partial charge in [0.05, 0.1) is 88.8 Å². The van der Waals surface area contributed by atoms with Gasteiger partial charge in [0.1, 0.15) is 128 Å². The molecule has 6 aliphatic rings. The van der Waals surface area contributed by atoms with Gasteiger partial charge in [-0.3, -0.25) is 14.4 Å². The van der Waals surface area contributed by atoms with Gasteiger partial charge < -0.3 is 185 Å². The van der Waals surface area contributed by atoms with Gasteiger partial charge in [0.25, 0.3) is 11.6 Å². The molecule has 123 heavy (non-hydrogen) atoms. The van der Waals surface area contributed by atoms with Crippen molar-refractivity contribution >= 4 is 35.4 Å². The van der Waals surface area contributed by atoms with E-state index in [-0.39, 0.29) is 6.42 Å². The van der Waals surface area contributed by atoms with Crippen molar-refractivity contribution in [1.82, 2.24) is 16.0 Å². The number of amides is 3. The molecule has 0 saturated carbocycles. The quantitative estimate of drug-likeness (QED) is 0.0202. The van der Waals surface area contributed by atoms with Crippen LogP contribution in [0.1, 0.15) is 208 Å². The molecule has 0 spiro atoms. The fourth-order valence-electron chi connectivity index (χ4n) is 16.4. The first-order valence-corrected chi connectivity index (χ1v) is 43.4. The Balaban J connectivity index is 1.36. The molecule has 6 fully saturated rings. The third-order valence-corrected chi connectivity index (χ3v) is 23.4. The van der Waals surface area contributed by atoms with Crippen LogP contribution in [-0.4, -0.2) is 390 Å². The Morgan fingerprint density at radius 3 is 1.41 bits per heavy atom. The lowest BCUT2D eigenvalue weighted by Crippen LogP contribution is -2.72. The summed E-state index contributed by atoms with van der Waals surface area (Å²) in [6, 6.07) is -5.09. The van der Waals surface area contributed by atoms with E-state index in [0.29, 0.717) is 12.8 Å². The van der Waals surface area contributed by atoms with Crippen molar-refractivity contribution in [3.63, 3.8) is 0 Å². The molecule has 6 saturated heterocycles. The molecule has 34 atom stereocenters. The lowest BCUT2D eigenvalue weighted by Gasteiger charge is -2.53. The van der Waals surface area contributed by atoms with Gasteiger partial charge >= 0.3 is 11.9 Å². The molecule has 714 valence electrons. The minimum Gasteiger partial charge on any atom is -0.477 e. The lowest BCUT2D eigenvalue weighted by molar-refractivity contribution is -0.407. The monoisotopic (exact) mass is 1780 g/mol. The second-order valence-electron chi connectivity index (χ2n) is 33.2. The van der Waals surface area contributed by atoms with Crippen LogP contribution in [0.25, 0.3) is 0 Å². The minimum absolute atomic E-state index is 0.0872. The number of rotatable bonds is 56. The third kappa shape index (κ3) is 30.6. The normalized spacial score (nSPS) is 35.9. The van der Waals surface area contributed by atoms with Gasteiger partial charge in [-0.25, -0.2) is 9.59 Å². The van der Waals surface area contributed by atoms with E-state index < -0.39 is 308 Å². The zero-order valence-corrected chi connectivity index (χ0v) is 70.9. The van der Waals surface area contributed by atoms with Crippen molar-refractivity contribution in [2.24, 2.45) is 5.92 Å². The number of carboxylic acid groups (broad SMARTS) is 2. The van der Waals surface area contributed by atoms with Crippen LogP contribution in [0.3, 0.4) is 0 Å². The van der Waals surface area contributed by atoms with Crippen LogP contribution in [0.4, 0.5) is 0 Å². The Labute approximate surface area is 715 Å². The van der Waals surface area contributed by atoms with Crippen LogP contribution in [-0.2, 0) is 85.6 Å². The maximum absolute atomic E-state index is 14.4. The van der Waals surface area contributed by atoms with E-state index in [9.17, 15) is 136 Å². The minimum atomic E-state index is -3.68. The maximum Gasteiger partial charge on any atom is 0.364 e. The standard InChI is InChI=1S/C81H141N3O39/c1-6-8-10-12-14-16-18-19-21-22-24-26-28-30-47(94)46(84-56(98)31-29-27-25-23-20-17-15-13-11-9-7-2)41-112-75-66(106)64(104)69(54(39-89)115-75)118-77-67(107)73(70(55(40-90)116-77)119-74-45(32-42(3)91)68(61(101)52(37-87)113-74)117-76-65(105)63(103)60(100)51(36-86)114-76)123-81(79(110)111)34-49(96)58(83-44(5)93)72(122-81)62(102)53(38-88)120-80(78(108)109)33-48(95)57(82-43(4)92)71(121-80)59(99)50(97)35-85/h28,30,45-55,57-77,85-90,94-97,99-107H,6-27,29,31-41H2,1-5H3,(H,82,92)(H,83,93)(H,84,98)(H,108,109)(H,110,111)/b30-28-/t45-,46+,47-,48+,49+,50-,51-,52-,53-,54-,55-,57-,58-,59-,60+,61+,62-,63+,64-,65-,66-,67-,68-,69-,70+,71?,72?,73-,74+,75-,76+,77+,80-,81+/m1/s1. The highest BCUT2D eigenvalue weighted by atomic mass is 16.8. The highest BCUT2D eigenvalue weighted by Gasteiger charge is 2.64. The molecule has 0 aromatic carbocycles. The largest absolute Gasteiger partial charge is 0.477 e. The molecule has 42 nitrogen and oxygen atoms in total. The average molecular weight is 1780 g/mol. The molecule has 6 rings (SSSR count). The molecule has 42 heteroatoms. The van der Waals surface area contributed by atoms with E-state index in [1.54, 1.807) is 6.08 Å². The molecule has 24 N–H and O–H groups in total. The predicted octanol–water partition coefficient (Wildman–Crippen LogP) is -4.34. The van der Waals surface area contributed by atoms with Crippen molar-refractivity contribution in [2.75, 3.05) is 46.2 Å². The van der Waals surface area contributed by atoms with E-state index in [1.165, 1.54) is 63.9 Å². The number of nitrogens with one attached hydrogen (secondary N) is 3. The fraction of sp³-hybridized carbons (Fsp3) is 0.901. The molecular weight excluding hydrogens is 1640 g/mol. The van der Waals surface area contributed by atoms with E-state index in [0.717, 1.165) is 97.8 Å². The topological polar surface area (TPSA) is 674 Å². The summed E-state index contributed by atoms with van der Waals surface area (Å²) < 4.78 is 72.4. The number of ketones is 1. The first-order chi connectivity index (χ1) is 58.6. The second-order valence-corrected chi connectivity index (χ2v) is 33.2. The molecule has 3 amide bonds. The third-order valence-electron chi connectivity index (χ3n) is 23.4. The van der Waals surface area contributed by atoms with Gasteiger partial charge in [0.2, 0.25) is 17.7 Å². The Morgan fingerprint density at radius 1 is 0.463 bits per heavy atom. The molecule has 0 bridgehead atoms. The number of aliphatic hydroxyl groups excluding tert-OH is 19. The number of allylic oxidation sites excluding steroid dienone is 1. The number of carboxylic acids is 2. The van der Waals surface area contributed by atoms with Crippen molar-refractivity contribution in [2.45, 2.75) is 409 Å². The predicted molar refractivity (Wildman–Crippen MR) is 423 cm³/mol. The summed E-state index contributed by atoms with van der Waals surface area (Å²) in [5.41, 5.74) is 0. The van der Waals surface area contributed by atoms with Crippen LogP contribution < -0.4 is 16.0 Å². The van der Waals surface area contributed by atoms with Gasteiger partial charge in [0.15, 0.2) is 25.2 Å². The zero-order valence-electron chi connectivity index (χ0n) is 70.9. The van der Waals surface area contributed by atoms with Crippen LogP contribution in [0, 0.1) is 5.92 Å². The number of aliphatic carboxylic acids is 2. The number of unbranched alkanes of at least 4 members (excludes halogenated alkanes) is 21. The number of ether oxygens (including phenoxy) is 12. The number of carbonyl (C=O) groups is 6. The van der Waals surface area contributed by atoms with Crippen molar-refractivity contribution in [3.8, 4) is 0 Å². The first kappa shape index (κ1) is 107. The van der Waals surface area contributed by atoms with Crippen LogP contribution in [0.5, 0.6) is 0 Å². The van der Waals surface area contributed by atoms with Gasteiger partial charge in [0, 0.05) is 45.4 Å². The molecule has 0 aromatic rings. The summed E-state index contributed by atoms with van der Waals surface area (Å²) >= 11 is 0. The molecule has 6 heterocycles. The van der Waals surface area contributed by atoms with Crippen LogP contribution in [0.15, 0.2) is 12.2 Å². The SMILES string of the molecule is CCCCCCCCCCCCC/C=C\[C@@H](O)[C@H](CO[C@@H]1O[C@H](CO)[C@@H](O[C@@H]2O[C@H](CO)[C@H](O[C@@H]3O[C@H](CO)[C@H](O)[C@H](O[C@@H]4O[C@H](CO)[C@H](O)[C@H](O)[C@H]4O)[C@H]3CC(C)=O)[C@H](O[C@]3(C(=O)O)C[C@H](O)[C@@H](NC(C)=O)C([C@H](O)[C@@H](CO)O[C@]4(C(=O)O)C[C@H](O)[C@@H](NC(C)=O)C([C@H](O)[C@H](O)CO)O4)O3)[C@H]2O)[C@H](O)[C@H]1O)NC(=O)CCCCCCCCCCCCC. The Hall–Kier alpha value is -4.48. The fourth-order valence-corrected chi connectivity index (χ4v) is 16.4. The molecular formula is C81H141N3O39. The Bertz CT molecular complexity index is 3120. The first-order valence-electron chi connectivity index (χ1n) is 43.4. The Kier molecular flexibility index (Phi) is 46.8. The van der Waals surface area contributed by atoms with Crippen molar-refractivity contribution in [3.05, 3.63) is 12.2 Å². The number of hydrogen-bond acceptors (Lipinski definition) is 37.